The Kier molecular flexibility index (Phi) is 4.43. The molecule has 0 unspecified atom stereocenters. The van der Waals surface area contributed by atoms with E-state index in [0.29, 0.717) is 10.9 Å². The molecule has 0 radical (unpaired) electrons. The number of carboxylic acid groups (broad SMARTS) is 1. The second-order valence-corrected chi connectivity index (χ2v) is 2.53. The first-order valence-electron chi connectivity index (χ1n) is 2.31. The van der Waals surface area contributed by atoms with Gasteiger partial charge in [-0.15, -0.1) is 12.6 Å². The number of thiol groups is 1. The summed E-state index contributed by atoms with van der Waals surface area (Å²) in [7, 11) is 0. The predicted molar refractivity (Wildman–Crippen MR) is 41.8 cm³/mol. The molecule has 0 bridgehead atoms. The Labute approximate surface area is 63.9 Å². The molecule has 0 aliphatic rings. The lowest BCUT2D eigenvalue weighted by atomic mass is 10.4. The van der Waals surface area contributed by atoms with Crippen molar-refractivity contribution in [2.45, 2.75) is 6.42 Å². The van der Waals surface area contributed by atoms with Crippen LogP contribution in [0.15, 0.2) is 0 Å². The van der Waals surface area contributed by atoms with Gasteiger partial charge in [0.2, 0.25) is 0 Å². The monoisotopic (exact) mass is 165 g/mol. The molecule has 0 saturated carbocycles. The summed E-state index contributed by atoms with van der Waals surface area (Å²) in [5.74, 6) is -0.841. The van der Waals surface area contributed by atoms with Crippen molar-refractivity contribution in [3.8, 4) is 0 Å². The minimum Gasteiger partial charge on any atom is -0.481 e. The molecule has 0 aromatic heterocycles. The van der Waals surface area contributed by atoms with Gasteiger partial charge >= 0.3 is 5.97 Å². The smallest absolute Gasteiger partial charge is 0.305 e. The van der Waals surface area contributed by atoms with Crippen molar-refractivity contribution >= 4 is 35.1 Å². The first-order chi connectivity index (χ1) is 4.13. The van der Waals surface area contributed by atoms with Crippen LogP contribution in [-0.2, 0) is 4.79 Å². The average Bonchev–Trinajstić information content (AvgIpc) is 1.63. The van der Waals surface area contributed by atoms with E-state index in [1.165, 1.54) is 0 Å². The molecule has 0 aliphatic heterocycles. The normalized spacial score (nSPS) is 8.56. The molecule has 0 amide bonds. The highest BCUT2D eigenvalue weighted by molar-refractivity contribution is 8.11. The molecule has 0 heterocycles. The minimum absolute atomic E-state index is 0.0701. The summed E-state index contributed by atoms with van der Waals surface area (Å²) >= 11 is 8.24. The van der Waals surface area contributed by atoms with E-state index in [2.05, 4.69) is 30.2 Å². The first kappa shape index (κ1) is 8.71. The van der Waals surface area contributed by atoms with Crippen LogP contribution >= 0.6 is 24.8 Å². The number of thiocarbonyl (C=S) groups is 1. The third-order valence-corrected chi connectivity index (χ3v) is 0.918. The number of carboxylic acids is 1. The van der Waals surface area contributed by atoms with Crippen molar-refractivity contribution in [3.05, 3.63) is 0 Å². The van der Waals surface area contributed by atoms with Crippen molar-refractivity contribution in [3.63, 3.8) is 0 Å². The Hall–Kier alpha value is -0.290. The zero-order valence-electron chi connectivity index (χ0n) is 4.63. The molecular formula is C4H7NO2S2. The Balaban J connectivity index is 3.10. The highest BCUT2D eigenvalue weighted by atomic mass is 32.1. The number of aliphatic carboxylic acids is 1. The van der Waals surface area contributed by atoms with E-state index in [1.807, 2.05) is 0 Å². The fourth-order valence-corrected chi connectivity index (χ4v) is 0.490. The summed E-state index contributed by atoms with van der Waals surface area (Å²) in [5, 5.41) is 10.7. The molecule has 0 aromatic rings. The van der Waals surface area contributed by atoms with Crippen LogP contribution in [0, 0.1) is 0 Å². The Morgan fingerprint density at radius 3 is 2.67 bits per heavy atom. The van der Waals surface area contributed by atoms with E-state index < -0.39 is 5.97 Å². The van der Waals surface area contributed by atoms with Crippen molar-refractivity contribution in [2.24, 2.45) is 0 Å². The van der Waals surface area contributed by atoms with Gasteiger partial charge in [-0.05, 0) is 0 Å². The first-order valence-corrected chi connectivity index (χ1v) is 3.17. The molecule has 3 nitrogen and oxygen atoms in total. The molecule has 0 saturated heterocycles. The van der Waals surface area contributed by atoms with E-state index >= 15 is 0 Å². The molecule has 0 aromatic carbocycles. The van der Waals surface area contributed by atoms with Crippen molar-refractivity contribution in [1.29, 1.82) is 0 Å². The highest BCUT2D eigenvalue weighted by Gasteiger charge is 1.94. The summed E-state index contributed by atoms with van der Waals surface area (Å²) in [5.41, 5.74) is 0. The van der Waals surface area contributed by atoms with Gasteiger partial charge in [-0.25, -0.2) is 0 Å². The van der Waals surface area contributed by atoms with Crippen LogP contribution in [-0.4, -0.2) is 21.9 Å². The van der Waals surface area contributed by atoms with Gasteiger partial charge in [0.25, 0.3) is 0 Å². The van der Waals surface area contributed by atoms with Crippen molar-refractivity contribution in [2.75, 3.05) is 6.54 Å². The maximum atomic E-state index is 9.87. The molecule has 0 rings (SSSR count). The Bertz CT molecular complexity index is 112. The third kappa shape index (κ3) is 7.71. The molecule has 0 spiro atoms. The van der Waals surface area contributed by atoms with Crippen LogP contribution in [0.25, 0.3) is 0 Å². The second kappa shape index (κ2) is 4.58. The molecule has 9 heavy (non-hydrogen) atoms. The maximum absolute atomic E-state index is 9.87. The largest absolute Gasteiger partial charge is 0.481 e. The van der Waals surface area contributed by atoms with Crippen molar-refractivity contribution in [1.82, 2.24) is 5.32 Å². The molecular weight excluding hydrogens is 158 g/mol. The third-order valence-electron chi connectivity index (χ3n) is 0.615. The van der Waals surface area contributed by atoms with Crippen LogP contribution in [0.4, 0.5) is 0 Å². The Morgan fingerprint density at radius 2 is 2.33 bits per heavy atom. The SMILES string of the molecule is O=C(O)CCNC(=S)S. The van der Waals surface area contributed by atoms with Gasteiger partial charge in [0.15, 0.2) is 0 Å². The lowest BCUT2D eigenvalue weighted by Crippen LogP contribution is -2.19. The summed E-state index contributed by atoms with van der Waals surface area (Å²) in [4.78, 5) is 9.87. The lowest BCUT2D eigenvalue weighted by molar-refractivity contribution is -0.136. The number of rotatable bonds is 3. The van der Waals surface area contributed by atoms with Gasteiger partial charge in [-0.1, -0.05) is 12.2 Å². The highest BCUT2D eigenvalue weighted by Crippen LogP contribution is 1.79. The fourth-order valence-electron chi connectivity index (χ4n) is 0.276. The van der Waals surface area contributed by atoms with Crippen LogP contribution in [0.1, 0.15) is 6.42 Å². The van der Waals surface area contributed by atoms with E-state index in [4.69, 9.17) is 5.11 Å². The van der Waals surface area contributed by atoms with Gasteiger partial charge in [0.1, 0.15) is 4.32 Å². The lowest BCUT2D eigenvalue weighted by Gasteiger charge is -1.97. The van der Waals surface area contributed by atoms with Gasteiger partial charge in [-0.3, -0.25) is 4.79 Å². The summed E-state index contributed by atoms with van der Waals surface area (Å²) in [6.07, 6.45) is 0.0701. The minimum atomic E-state index is -0.841. The Morgan fingerprint density at radius 1 is 1.78 bits per heavy atom. The van der Waals surface area contributed by atoms with Gasteiger partial charge < -0.3 is 10.4 Å². The van der Waals surface area contributed by atoms with Crippen LogP contribution in [0.3, 0.4) is 0 Å². The van der Waals surface area contributed by atoms with E-state index in [9.17, 15) is 4.79 Å². The topological polar surface area (TPSA) is 49.3 Å². The van der Waals surface area contributed by atoms with Gasteiger partial charge in [0.05, 0.1) is 6.42 Å². The van der Waals surface area contributed by atoms with Crippen LogP contribution < -0.4 is 5.32 Å². The molecule has 0 fully saturated rings. The molecule has 52 valence electrons. The summed E-state index contributed by atoms with van der Waals surface area (Å²) in [6.45, 7) is 0.345. The standard InChI is InChI=1S/C4H7NO2S2/c6-3(7)1-2-5-4(8)9/h1-2H2,(H,6,7)(H2,5,8,9). The quantitative estimate of drug-likeness (QED) is 0.415. The fraction of sp³-hybridized carbons (Fsp3) is 0.500. The number of carbonyl (C=O) groups is 1. The van der Waals surface area contributed by atoms with Crippen molar-refractivity contribution < 1.29 is 9.90 Å². The van der Waals surface area contributed by atoms with E-state index in [1.54, 1.807) is 0 Å². The van der Waals surface area contributed by atoms with Gasteiger partial charge in [0, 0.05) is 6.54 Å². The zero-order valence-corrected chi connectivity index (χ0v) is 6.34. The molecule has 2 N–H and O–H groups in total. The maximum Gasteiger partial charge on any atom is 0.305 e. The predicted octanol–water partition coefficient (Wildman–Crippen LogP) is 0.265. The molecule has 5 heteroatoms. The van der Waals surface area contributed by atoms with E-state index in [-0.39, 0.29) is 6.42 Å². The zero-order chi connectivity index (χ0) is 7.28. The molecule has 0 aliphatic carbocycles. The van der Waals surface area contributed by atoms with E-state index in [0.717, 1.165) is 0 Å². The average molecular weight is 165 g/mol. The summed E-state index contributed by atoms with van der Waals surface area (Å²) < 4.78 is 0.330. The summed E-state index contributed by atoms with van der Waals surface area (Å²) in [6, 6.07) is 0. The molecule has 0 atom stereocenters. The van der Waals surface area contributed by atoms with Crippen LogP contribution in [0.2, 0.25) is 0 Å². The number of nitrogens with one attached hydrogen (secondary N) is 1. The van der Waals surface area contributed by atoms with Gasteiger partial charge in [-0.2, -0.15) is 0 Å². The van der Waals surface area contributed by atoms with Crippen LogP contribution in [0.5, 0.6) is 0 Å². The number of hydrogen-bond donors (Lipinski definition) is 3. The second-order valence-electron chi connectivity index (χ2n) is 1.38. The number of hydrogen-bond acceptors (Lipinski definition) is 2.